The first-order chi connectivity index (χ1) is 8.68. The zero-order valence-electron chi connectivity index (χ0n) is 9.98. The van der Waals surface area contributed by atoms with Gasteiger partial charge in [-0.25, -0.2) is 0 Å². The molecule has 0 bridgehead atoms. The monoisotopic (exact) mass is 324 g/mol. The van der Waals surface area contributed by atoms with E-state index in [-0.39, 0.29) is 11.9 Å². The first-order valence-electron chi connectivity index (χ1n) is 6.00. The molecule has 1 aliphatic rings. The summed E-state index contributed by atoms with van der Waals surface area (Å²) in [5.74, 6) is 0.448. The molecule has 2 atom stereocenters. The van der Waals surface area contributed by atoms with Crippen LogP contribution in [0.25, 0.3) is 10.1 Å². The maximum atomic E-state index is 12.5. The van der Waals surface area contributed by atoms with Gasteiger partial charge in [0.15, 0.2) is 5.78 Å². The number of carbonyl (C=O) groups is 1. The minimum absolute atomic E-state index is 0.129. The molecule has 1 saturated heterocycles. The van der Waals surface area contributed by atoms with Crippen molar-refractivity contribution >= 4 is 43.1 Å². The zero-order chi connectivity index (χ0) is 12.7. The maximum absolute atomic E-state index is 12.5. The van der Waals surface area contributed by atoms with E-state index in [1.54, 1.807) is 11.3 Å². The van der Waals surface area contributed by atoms with E-state index in [1.165, 1.54) is 0 Å². The molecule has 0 radical (unpaired) electrons. The van der Waals surface area contributed by atoms with Gasteiger partial charge in [0.25, 0.3) is 0 Å². The Morgan fingerprint density at radius 3 is 3.06 bits per heavy atom. The second kappa shape index (κ2) is 4.76. The molecule has 2 unspecified atom stereocenters. The molecule has 4 heteroatoms. The van der Waals surface area contributed by atoms with Gasteiger partial charge in [-0.15, -0.1) is 11.3 Å². The van der Waals surface area contributed by atoms with Crippen molar-refractivity contribution in [3.05, 3.63) is 33.6 Å². The average molecular weight is 325 g/mol. The molecule has 1 aliphatic heterocycles. The molecule has 1 aromatic carbocycles. The van der Waals surface area contributed by atoms with E-state index in [0.717, 1.165) is 26.5 Å². The van der Waals surface area contributed by atoms with Gasteiger partial charge >= 0.3 is 0 Å². The number of hydrogen-bond acceptors (Lipinski definition) is 3. The van der Waals surface area contributed by atoms with E-state index >= 15 is 0 Å². The Labute approximate surface area is 118 Å². The fourth-order valence-corrected chi connectivity index (χ4v) is 4.01. The van der Waals surface area contributed by atoms with Crippen molar-refractivity contribution in [1.29, 1.82) is 0 Å². The summed E-state index contributed by atoms with van der Waals surface area (Å²) in [6.45, 7) is 2.78. The van der Waals surface area contributed by atoms with Crippen molar-refractivity contribution in [2.75, 3.05) is 6.61 Å². The van der Waals surface area contributed by atoms with Crippen LogP contribution < -0.4 is 0 Å². The number of thiophene rings is 1. The average Bonchev–Trinajstić information content (AvgIpc) is 2.95. The topological polar surface area (TPSA) is 26.3 Å². The van der Waals surface area contributed by atoms with Crippen LogP contribution in [0, 0.1) is 5.92 Å². The molecule has 2 aromatic rings. The molecule has 0 spiro atoms. The number of halogens is 1. The number of fused-ring (bicyclic) bond motifs is 1. The summed E-state index contributed by atoms with van der Waals surface area (Å²) in [5.41, 5.74) is 0.801. The first-order valence-corrected chi connectivity index (χ1v) is 7.67. The third-order valence-corrected chi connectivity index (χ3v) is 5.42. The van der Waals surface area contributed by atoms with Gasteiger partial charge in [0, 0.05) is 32.1 Å². The summed E-state index contributed by atoms with van der Waals surface area (Å²) in [4.78, 5) is 12.5. The third-order valence-electron chi connectivity index (χ3n) is 3.46. The molecule has 3 rings (SSSR count). The maximum Gasteiger partial charge on any atom is 0.193 e. The van der Waals surface area contributed by atoms with Crippen molar-refractivity contribution in [3.8, 4) is 0 Å². The highest BCUT2D eigenvalue weighted by Crippen LogP contribution is 2.34. The smallest absolute Gasteiger partial charge is 0.193 e. The summed E-state index contributed by atoms with van der Waals surface area (Å²) in [7, 11) is 0. The van der Waals surface area contributed by atoms with E-state index in [2.05, 4.69) is 22.9 Å². The lowest BCUT2D eigenvalue weighted by Gasteiger charge is -2.12. The first kappa shape index (κ1) is 12.3. The lowest BCUT2D eigenvalue weighted by molar-refractivity contribution is 0.0581. The minimum Gasteiger partial charge on any atom is -0.370 e. The van der Waals surface area contributed by atoms with Crippen LogP contribution in [0.2, 0.25) is 0 Å². The van der Waals surface area contributed by atoms with E-state index in [9.17, 15) is 4.79 Å². The summed E-state index contributed by atoms with van der Waals surface area (Å²) >= 11 is 5.13. The van der Waals surface area contributed by atoms with Crippen molar-refractivity contribution in [1.82, 2.24) is 0 Å². The van der Waals surface area contributed by atoms with Gasteiger partial charge in [-0.1, -0.05) is 19.1 Å². The number of carbonyl (C=O) groups excluding carboxylic acids is 1. The number of hydrogen-bond donors (Lipinski definition) is 0. The molecule has 18 heavy (non-hydrogen) atoms. The molecular formula is C14H13BrO2S. The summed E-state index contributed by atoms with van der Waals surface area (Å²) in [6.07, 6.45) is 0.712. The Kier molecular flexibility index (Phi) is 3.26. The van der Waals surface area contributed by atoms with Crippen LogP contribution in [0.1, 0.15) is 23.7 Å². The SMILES string of the molecule is CC1CCOC1C(=O)c1csc2c(Br)cccc12. The standard InChI is InChI=1S/C14H13BrO2S/c1-8-5-6-17-13(8)12(16)10-7-18-14-9(10)3-2-4-11(14)15/h2-4,7-8,13H,5-6H2,1H3. The Bertz CT molecular complexity index is 605. The van der Waals surface area contributed by atoms with Crippen LogP contribution in [0.5, 0.6) is 0 Å². The molecule has 0 amide bonds. The van der Waals surface area contributed by atoms with E-state index in [0.29, 0.717) is 12.5 Å². The number of rotatable bonds is 2. The summed E-state index contributed by atoms with van der Waals surface area (Å²) < 4.78 is 7.75. The Morgan fingerprint density at radius 2 is 2.33 bits per heavy atom. The number of Topliss-reactive ketones (excluding diaryl/α,β-unsaturated/α-hetero) is 1. The van der Waals surface area contributed by atoms with Crippen LogP contribution in [0.15, 0.2) is 28.1 Å². The second-order valence-electron chi connectivity index (χ2n) is 4.69. The Balaban J connectivity index is 2.04. The molecule has 2 heterocycles. The lowest BCUT2D eigenvalue weighted by Crippen LogP contribution is -2.24. The van der Waals surface area contributed by atoms with Gasteiger partial charge < -0.3 is 4.74 Å². The van der Waals surface area contributed by atoms with Crippen LogP contribution in [-0.4, -0.2) is 18.5 Å². The highest BCUT2D eigenvalue weighted by molar-refractivity contribution is 9.10. The third kappa shape index (κ3) is 1.92. The van der Waals surface area contributed by atoms with E-state index < -0.39 is 0 Å². The highest BCUT2D eigenvalue weighted by Gasteiger charge is 2.32. The highest BCUT2D eigenvalue weighted by atomic mass is 79.9. The summed E-state index contributed by atoms with van der Waals surface area (Å²) in [6, 6.07) is 5.97. The molecule has 0 N–H and O–H groups in total. The van der Waals surface area contributed by atoms with Crippen LogP contribution >= 0.6 is 27.3 Å². The largest absolute Gasteiger partial charge is 0.370 e. The minimum atomic E-state index is -0.262. The fourth-order valence-electron chi connectivity index (χ4n) is 2.40. The zero-order valence-corrected chi connectivity index (χ0v) is 12.4. The molecule has 0 aliphatic carbocycles. The van der Waals surface area contributed by atoms with Gasteiger partial charge in [-0.05, 0) is 34.3 Å². The Morgan fingerprint density at radius 1 is 1.50 bits per heavy atom. The van der Waals surface area contributed by atoms with Crippen LogP contribution in [0.4, 0.5) is 0 Å². The number of ketones is 1. The van der Waals surface area contributed by atoms with Gasteiger partial charge in [0.1, 0.15) is 6.10 Å². The molecule has 1 fully saturated rings. The van der Waals surface area contributed by atoms with E-state index in [4.69, 9.17) is 4.74 Å². The van der Waals surface area contributed by atoms with Crippen molar-refractivity contribution in [3.63, 3.8) is 0 Å². The summed E-state index contributed by atoms with van der Waals surface area (Å²) in [5, 5.41) is 2.98. The van der Waals surface area contributed by atoms with Gasteiger partial charge in [-0.2, -0.15) is 0 Å². The molecule has 0 saturated carbocycles. The van der Waals surface area contributed by atoms with Crippen molar-refractivity contribution in [2.45, 2.75) is 19.4 Å². The predicted octanol–water partition coefficient (Wildman–Crippen LogP) is 4.27. The number of ether oxygens (including phenoxy) is 1. The van der Waals surface area contributed by atoms with Crippen LogP contribution in [-0.2, 0) is 4.74 Å². The molecular weight excluding hydrogens is 312 g/mol. The normalized spacial score (nSPS) is 23.7. The quantitative estimate of drug-likeness (QED) is 0.771. The van der Waals surface area contributed by atoms with Gasteiger partial charge in [0.05, 0.1) is 0 Å². The Hall–Kier alpha value is -0.710. The van der Waals surface area contributed by atoms with Crippen molar-refractivity contribution < 1.29 is 9.53 Å². The van der Waals surface area contributed by atoms with Crippen LogP contribution in [0.3, 0.4) is 0 Å². The lowest BCUT2D eigenvalue weighted by atomic mass is 9.96. The van der Waals surface area contributed by atoms with Gasteiger partial charge in [0.2, 0.25) is 0 Å². The second-order valence-corrected chi connectivity index (χ2v) is 6.42. The van der Waals surface area contributed by atoms with Gasteiger partial charge in [-0.3, -0.25) is 4.79 Å². The predicted molar refractivity (Wildman–Crippen MR) is 77.4 cm³/mol. The number of benzene rings is 1. The molecule has 1 aromatic heterocycles. The molecule has 2 nitrogen and oxygen atoms in total. The van der Waals surface area contributed by atoms with E-state index in [1.807, 2.05) is 23.6 Å². The molecule has 94 valence electrons. The van der Waals surface area contributed by atoms with Crippen molar-refractivity contribution in [2.24, 2.45) is 5.92 Å². The fraction of sp³-hybridized carbons (Fsp3) is 0.357.